The lowest BCUT2D eigenvalue weighted by molar-refractivity contribution is -0.123. The molecule has 2 heteroatoms. The first-order valence-electron chi connectivity index (χ1n) is 3.59. The van der Waals surface area contributed by atoms with Gasteiger partial charge in [-0.3, -0.25) is 0 Å². The van der Waals surface area contributed by atoms with E-state index in [1.54, 1.807) is 0 Å². The molecule has 0 aliphatic heterocycles. The van der Waals surface area contributed by atoms with E-state index in [4.69, 9.17) is 10.5 Å². The summed E-state index contributed by atoms with van der Waals surface area (Å²) in [6.07, 6.45) is 3.56. The summed E-state index contributed by atoms with van der Waals surface area (Å²) >= 11 is 0. The predicted octanol–water partition coefficient (Wildman–Crippen LogP) is 1.25. The average Bonchev–Trinajstić information content (AvgIpc) is 1.60. The molecule has 0 aromatic rings. The van der Waals surface area contributed by atoms with Gasteiger partial charge < -0.3 is 10.5 Å². The van der Waals surface area contributed by atoms with E-state index in [2.05, 4.69) is 0 Å². The first-order valence-corrected chi connectivity index (χ1v) is 3.59. The van der Waals surface area contributed by atoms with Crippen LogP contribution in [-0.4, -0.2) is 11.8 Å². The highest BCUT2D eigenvalue weighted by atomic mass is 16.5. The van der Waals surface area contributed by atoms with Crippen LogP contribution in [0.25, 0.3) is 0 Å². The molecule has 0 heterocycles. The lowest BCUT2D eigenvalue weighted by Gasteiger charge is -2.39. The van der Waals surface area contributed by atoms with Gasteiger partial charge in [-0.1, -0.05) is 0 Å². The maximum atomic E-state index is 5.78. The molecule has 0 aromatic heterocycles. The molecule has 0 saturated heterocycles. The minimum Gasteiger partial charge on any atom is -0.358 e. The van der Waals surface area contributed by atoms with E-state index in [-0.39, 0.29) is 11.8 Å². The van der Waals surface area contributed by atoms with Gasteiger partial charge in [0.1, 0.15) is 5.72 Å². The number of nitrogens with two attached hydrogens (primary N) is 1. The standard InChI is InChI=1S/C7H15NO/c1-6(2)9-7(8)4-3-5-7/h6H,3-5,8H2,1-2H3. The molecule has 0 bridgehead atoms. The molecular weight excluding hydrogens is 114 g/mol. The monoisotopic (exact) mass is 129 g/mol. The number of hydrogen-bond acceptors (Lipinski definition) is 2. The molecule has 0 unspecified atom stereocenters. The Morgan fingerprint density at radius 1 is 1.44 bits per heavy atom. The van der Waals surface area contributed by atoms with Crippen molar-refractivity contribution in [2.45, 2.75) is 44.9 Å². The Hall–Kier alpha value is -0.0800. The van der Waals surface area contributed by atoms with Crippen LogP contribution < -0.4 is 5.73 Å². The molecule has 0 atom stereocenters. The zero-order valence-electron chi connectivity index (χ0n) is 6.18. The summed E-state index contributed by atoms with van der Waals surface area (Å²) in [5.74, 6) is 0. The third-order valence-electron chi connectivity index (χ3n) is 1.67. The highest BCUT2D eigenvalue weighted by molar-refractivity contribution is 4.83. The van der Waals surface area contributed by atoms with E-state index in [0.29, 0.717) is 0 Å². The third kappa shape index (κ3) is 1.66. The maximum Gasteiger partial charge on any atom is 0.117 e. The number of rotatable bonds is 2. The van der Waals surface area contributed by atoms with E-state index in [1.165, 1.54) is 6.42 Å². The molecule has 0 spiro atoms. The molecule has 1 fully saturated rings. The van der Waals surface area contributed by atoms with Crippen molar-refractivity contribution in [1.29, 1.82) is 0 Å². The largest absolute Gasteiger partial charge is 0.358 e. The second-order valence-electron chi connectivity index (χ2n) is 3.08. The molecule has 1 saturated carbocycles. The van der Waals surface area contributed by atoms with Gasteiger partial charge in [0.25, 0.3) is 0 Å². The van der Waals surface area contributed by atoms with Crippen LogP contribution in [0.15, 0.2) is 0 Å². The summed E-state index contributed by atoms with van der Waals surface area (Å²) in [5.41, 5.74) is 5.53. The molecule has 54 valence electrons. The SMILES string of the molecule is CC(C)OC1(N)CCC1. The molecule has 2 N–H and O–H groups in total. The second-order valence-corrected chi connectivity index (χ2v) is 3.08. The molecule has 1 aliphatic rings. The van der Waals surface area contributed by atoms with Crippen LogP contribution in [0.1, 0.15) is 33.1 Å². The quantitative estimate of drug-likeness (QED) is 0.569. The molecule has 1 rings (SSSR count). The Bertz CT molecular complexity index is 97.1. The fraction of sp³-hybridized carbons (Fsp3) is 1.00. The molecule has 0 aromatic carbocycles. The van der Waals surface area contributed by atoms with Crippen LogP contribution in [0.4, 0.5) is 0 Å². The van der Waals surface area contributed by atoms with Crippen molar-refractivity contribution in [1.82, 2.24) is 0 Å². The predicted molar refractivity (Wildman–Crippen MR) is 37.0 cm³/mol. The van der Waals surface area contributed by atoms with E-state index < -0.39 is 0 Å². The molecule has 1 aliphatic carbocycles. The van der Waals surface area contributed by atoms with Crippen molar-refractivity contribution < 1.29 is 4.74 Å². The van der Waals surface area contributed by atoms with Crippen LogP contribution in [0.5, 0.6) is 0 Å². The topological polar surface area (TPSA) is 35.2 Å². The summed E-state index contributed by atoms with van der Waals surface area (Å²) in [6, 6.07) is 0. The van der Waals surface area contributed by atoms with Gasteiger partial charge >= 0.3 is 0 Å². The van der Waals surface area contributed by atoms with E-state index in [9.17, 15) is 0 Å². The van der Waals surface area contributed by atoms with Crippen LogP contribution in [-0.2, 0) is 4.74 Å². The van der Waals surface area contributed by atoms with Gasteiger partial charge in [-0.05, 0) is 33.1 Å². The number of hydrogen-bond donors (Lipinski definition) is 1. The van der Waals surface area contributed by atoms with Crippen LogP contribution in [0.3, 0.4) is 0 Å². The minimum absolute atomic E-state index is 0.256. The van der Waals surface area contributed by atoms with Crippen molar-refractivity contribution in [3.05, 3.63) is 0 Å². The highest BCUT2D eigenvalue weighted by Crippen LogP contribution is 2.30. The first kappa shape index (κ1) is 7.03. The zero-order valence-corrected chi connectivity index (χ0v) is 6.18. The fourth-order valence-corrected chi connectivity index (χ4v) is 1.11. The Morgan fingerprint density at radius 3 is 2.11 bits per heavy atom. The van der Waals surface area contributed by atoms with Gasteiger partial charge in [0, 0.05) is 0 Å². The van der Waals surface area contributed by atoms with Crippen molar-refractivity contribution in [3.8, 4) is 0 Å². The highest BCUT2D eigenvalue weighted by Gasteiger charge is 2.34. The van der Waals surface area contributed by atoms with E-state index in [0.717, 1.165) is 12.8 Å². The Balaban J connectivity index is 2.24. The van der Waals surface area contributed by atoms with Crippen molar-refractivity contribution in [2.24, 2.45) is 5.73 Å². The summed E-state index contributed by atoms with van der Waals surface area (Å²) in [4.78, 5) is 0. The normalized spacial score (nSPS) is 24.0. The Kier molecular flexibility index (Phi) is 1.78. The van der Waals surface area contributed by atoms with Gasteiger partial charge in [0.15, 0.2) is 0 Å². The molecule has 9 heavy (non-hydrogen) atoms. The average molecular weight is 129 g/mol. The second kappa shape index (κ2) is 2.27. The lowest BCUT2D eigenvalue weighted by Crippen LogP contribution is -2.50. The smallest absolute Gasteiger partial charge is 0.117 e. The summed E-state index contributed by atoms with van der Waals surface area (Å²) < 4.78 is 5.45. The molecule has 0 radical (unpaired) electrons. The fourth-order valence-electron chi connectivity index (χ4n) is 1.11. The maximum absolute atomic E-state index is 5.78. The summed E-state index contributed by atoms with van der Waals surface area (Å²) in [5, 5.41) is 0. The van der Waals surface area contributed by atoms with Gasteiger partial charge in [0.05, 0.1) is 6.10 Å². The Morgan fingerprint density at radius 2 is 2.00 bits per heavy atom. The molecule has 2 nitrogen and oxygen atoms in total. The van der Waals surface area contributed by atoms with Gasteiger partial charge in [0.2, 0.25) is 0 Å². The van der Waals surface area contributed by atoms with Crippen LogP contribution in [0, 0.1) is 0 Å². The van der Waals surface area contributed by atoms with Crippen LogP contribution in [0.2, 0.25) is 0 Å². The van der Waals surface area contributed by atoms with Gasteiger partial charge in [-0.25, -0.2) is 0 Å². The first-order chi connectivity index (χ1) is 4.12. The van der Waals surface area contributed by atoms with E-state index in [1.807, 2.05) is 13.8 Å². The Labute approximate surface area is 56.4 Å². The summed E-state index contributed by atoms with van der Waals surface area (Å²) in [6.45, 7) is 4.04. The molecule has 0 amide bonds. The van der Waals surface area contributed by atoms with Crippen molar-refractivity contribution >= 4 is 0 Å². The van der Waals surface area contributed by atoms with Gasteiger partial charge in [-0.15, -0.1) is 0 Å². The lowest BCUT2D eigenvalue weighted by atomic mass is 9.89. The third-order valence-corrected chi connectivity index (χ3v) is 1.67. The van der Waals surface area contributed by atoms with Crippen molar-refractivity contribution in [2.75, 3.05) is 0 Å². The molecular formula is C7H15NO. The van der Waals surface area contributed by atoms with Gasteiger partial charge in [-0.2, -0.15) is 0 Å². The zero-order chi connectivity index (χ0) is 6.91. The minimum atomic E-state index is -0.256. The number of ether oxygens (including phenoxy) is 1. The summed E-state index contributed by atoms with van der Waals surface area (Å²) in [7, 11) is 0. The van der Waals surface area contributed by atoms with Crippen LogP contribution >= 0.6 is 0 Å². The van der Waals surface area contributed by atoms with Crippen molar-refractivity contribution in [3.63, 3.8) is 0 Å². The van der Waals surface area contributed by atoms with E-state index >= 15 is 0 Å².